The van der Waals surface area contributed by atoms with Gasteiger partial charge in [0, 0.05) is 4.47 Å². The first-order chi connectivity index (χ1) is 5.66. The summed E-state index contributed by atoms with van der Waals surface area (Å²) in [6, 6.07) is 3.77. The second kappa shape index (κ2) is 2.75. The van der Waals surface area contributed by atoms with Crippen molar-refractivity contribution in [3.05, 3.63) is 27.5 Å². The average molecular weight is 246 g/mol. The van der Waals surface area contributed by atoms with Gasteiger partial charge in [0.2, 0.25) is 0 Å². The fourth-order valence-corrected chi connectivity index (χ4v) is 1.63. The van der Waals surface area contributed by atoms with Gasteiger partial charge in [-0.25, -0.2) is 4.98 Å². The van der Waals surface area contributed by atoms with E-state index in [9.17, 15) is 0 Å². The molecule has 0 unspecified atom stereocenters. The smallest absolute Gasteiger partial charge is 0.104 e. The van der Waals surface area contributed by atoms with E-state index >= 15 is 0 Å². The predicted molar refractivity (Wildman–Crippen MR) is 53.5 cm³/mol. The summed E-state index contributed by atoms with van der Waals surface area (Å²) in [5.74, 6) is 0.902. The van der Waals surface area contributed by atoms with Crippen LogP contribution in [0.1, 0.15) is 5.82 Å². The van der Waals surface area contributed by atoms with Crippen LogP contribution < -0.4 is 0 Å². The molecule has 0 fully saturated rings. The highest BCUT2D eigenvalue weighted by molar-refractivity contribution is 9.10. The highest BCUT2D eigenvalue weighted by Crippen LogP contribution is 2.26. The fourth-order valence-electron chi connectivity index (χ4n) is 1.13. The zero-order chi connectivity index (χ0) is 8.72. The number of nitrogens with one attached hydrogen (secondary N) is 1. The van der Waals surface area contributed by atoms with Crippen LogP contribution in [0.4, 0.5) is 0 Å². The largest absolute Gasteiger partial charge is 0.342 e. The van der Waals surface area contributed by atoms with Crippen molar-refractivity contribution in [3.63, 3.8) is 0 Å². The number of nitrogens with zero attached hydrogens (tertiary/aromatic N) is 1. The summed E-state index contributed by atoms with van der Waals surface area (Å²) >= 11 is 9.24. The Morgan fingerprint density at radius 2 is 2.25 bits per heavy atom. The molecule has 0 atom stereocenters. The lowest BCUT2D eigenvalue weighted by molar-refractivity contribution is 1.17. The van der Waals surface area contributed by atoms with Crippen molar-refractivity contribution in [2.75, 3.05) is 0 Å². The molecule has 0 radical (unpaired) electrons. The van der Waals surface area contributed by atoms with E-state index in [-0.39, 0.29) is 0 Å². The molecular weight excluding hydrogens is 239 g/mol. The van der Waals surface area contributed by atoms with Crippen molar-refractivity contribution in [1.82, 2.24) is 9.97 Å². The van der Waals surface area contributed by atoms with E-state index in [0.29, 0.717) is 5.02 Å². The number of benzene rings is 1. The molecule has 4 heteroatoms. The van der Waals surface area contributed by atoms with Crippen LogP contribution in [0, 0.1) is 6.92 Å². The maximum absolute atomic E-state index is 5.90. The average Bonchev–Trinajstić information content (AvgIpc) is 2.30. The molecule has 0 amide bonds. The molecule has 0 aliphatic carbocycles. The third-order valence-electron chi connectivity index (χ3n) is 1.64. The molecule has 62 valence electrons. The van der Waals surface area contributed by atoms with E-state index < -0.39 is 0 Å². The molecule has 0 saturated heterocycles. The number of halogens is 2. The Balaban J connectivity index is 2.83. The fraction of sp³-hybridized carbons (Fsp3) is 0.125. The van der Waals surface area contributed by atoms with E-state index in [1.54, 1.807) is 0 Å². The lowest BCUT2D eigenvalue weighted by Gasteiger charge is -1.93. The van der Waals surface area contributed by atoms with Crippen molar-refractivity contribution in [2.45, 2.75) is 6.92 Å². The van der Waals surface area contributed by atoms with Crippen LogP contribution in [0.15, 0.2) is 16.6 Å². The first-order valence-electron chi connectivity index (χ1n) is 3.48. The number of aromatic amines is 1. The second-order valence-corrected chi connectivity index (χ2v) is 3.87. The highest BCUT2D eigenvalue weighted by atomic mass is 79.9. The van der Waals surface area contributed by atoms with Crippen LogP contribution in [0.25, 0.3) is 11.0 Å². The van der Waals surface area contributed by atoms with Crippen molar-refractivity contribution in [2.24, 2.45) is 0 Å². The van der Waals surface area contributed by atoms with Gasteiger partial charge >= 0.3 is 0 Å². The summed E-state index contributed by atoms with van der Waals surface area (Å²) in [7, 11) is 0. The summed E-state index contributed by atoms with van der Waals surface area (Å²) in [4.78, 5) is 7.38. The van der Waals surface area contributed by atoms with Crippen molar-refractivity contribution in [1.29, 1.82) is 0 Å². The Morgan fingerprint density at radius 1 is 1.50 bits per heavy atom. The summed E-state index contributed by atoms with van der Waals surface area (Å²) in [6.45, 7) is 1.92. The number of hydrogen-bond acceptors (Lipinski definition) is 1. The molecule has 0 aliphatic heterocycles. The zero-order valence-electron chi connectivity index (χ0n) is 6.36. The molecule has 1 aromatic carbocycles. The Kier molecular flexibility index (Phi) is 1.85. The van der Waals surface area contributed by atoms with Crippen LogP contribution >= 0.6 is 27.5 Å². The van der Waals surface area contributed by atoms with Crippen molar-refractivity contribution in [3.8, 4) is 0 Å². The Hall–Kier alpha value is -0.540. The van der Waals surface area contributed by atoms with Gasteiger partial charge < -0.3 is 4.98 Å². The van der Waals surface area contributed by atoms with Crippen LogP contribution in [-0.2, 0) is 0 Å². The summed E-state index contributed by atoms with van der Waals surface area (Å²) in [5.41, 5.74) is 1.91. The normalized spacial score (nSPS) is 10.9. The monoisotopic (exact) mass is 244 g/mol. The van der Waals surface area contributed by atoms with Gasteiger partial charge in [-0.1, -0.05) is 11.6 Å². The minimum atomic E-state index is 0.700. The van der Waals surface area contributed by atoms with E-state index in [1.165, 1.54) is 0 Å². The molecule has 2 aromatic rings. The second-order valence-electron chi connectivity index (χ2n) is 2.61. The standard InChI is InChI=1S/C8H6BrClN2/c1-4-11-7-2-5(9)6(10)3-8(7)12-4/h2-3H,1H3,(H,11,12). The van der Waals surface area contributed by atoms with E-state index in [0.717, 1.165) is 21.3 Å². The van der Waals surface area contributed by atoms with Gasteiger partial charge in [-0.15, -0.1) is 0 Å². The third-order valence-corrected chi connectivity index (χ3v) is 2.84. The van der Waals surface area contributed by atoms with E-state index in [2.05, 4.69) is 25.9 Å². The molecular formula is C8H6BrClN2. The van der Waals surface area contributed by atoms with Crippen molar-refractivity contribution >= 4 is 38.6 Å². The Morgan fingerprint density at radius 3 is 3.00 bits per heavy atom. The summed E-state index contributed by atoms with van der Waals surface area (Å²) in [5, 5.41) is 0.700. The molecule has 0 aliphatic rings. The lowest BCUT2D eigenvalue weighted by Crippen LogP contribution is -1.71. The number of fused-ring (bicyclic) bond motifs is 1. The van der Waals surface area contributed by atoms with Crippen LogP contribution in [0.3, 0.4) is 0 Å². The number of imidazole rings is 1. The number of hydrogen-bond donors (Lipinski definition) is 1. The van der Waals surface area contributed by atoms with E-state index in [1.807, 2.05) is 19.1 Å². The number of aryl methyl sites for hydroxylation is 1. The molecule has 1 heterocycles. The first-order valence-corrected chi connectivity index (χ1v) is 4.65. The molecule has 1 N–H and O–H groups in total. The minimum Gasteiger partial charge on any atom is -0.342 e. The maximum Gasteiger partial charge on any atom is 0.104 e. The van der Waals surface area contributed by atoms with E-state index in [4.69, 9.17) is 11.6 Å². The summed E-state index contributed by atoms with van der Waals surface area (Å²) in [6.07, 6.45) is 0. The molecule has 12 heavy (non-hydrogen) atoms. The SMILES string of the molecule is Cc1nc2cc(Br)c(Cl)cc2[nH]1. The van der Waals surface area contributed by atoms with Gasteiger partial charge in [-0.05, 0) is 35.0 Å². The van der Waals surface area contributed by atoms with Gasteiger partial charge in [-0.2, -0.15) is 0 Å². The lowest BCUT2D eigenvalue weighted by atomic mass is 10.3. The molecule has 0 bridgehead atoms. The number of H-pyrrole nitrogens is 1. The maximum atomic E-state index is 5.90. The molecule has 2 rings (SSSR count). The first kappa shape index (κ1) is 8.08. The Bertz CT molecular complexity index is 397. The molecule has 2 nitrogen and oxygen atoms in total. The van der Waals surface area contributed by atoms with Gasteiger partial charge in [0.05, 0.1) is 16.1 Å². The van der Waals surface area contributed by atoms with Crippen LogP contribution in [0.2, 0.25) is 5.02 Å². The summed E-state index contributed by atoms with van der Waals surface area (Å²) < 4.78 is 0.878. The molecule has 1 aromatic heterocycles. The van der Waals surface area contributed by atoms with Gasteiger partial charge in [0.1, 0.15) is 5.82 Å². The van der Waals surface area contributed by atoms with Crippen LogP contribution in [0.5, 0.6) is 0 Å². The molecule has 0 spiro atoms. The highest BCUT2D eigenvalue weighted by Gasteiger charge is 2.03. The molecule has 0 saturated carbocycles. The predicted octanol–water partition coefficient (Wildman–Crippen LogP) is 3.29. The van der Waals surface area contributed by atoms with Gasteiger partial charge in [-0.3, -0.25) is 0 Å². The number of rotatable bonds is 0. The third kappa shape index (κ3) is 1.23. The number of aromatic nitrogens is 2. The topological polar surface area (TPSA) is 28.7 Å². The van der Waals surface area contributed by atoms with Crippen LogP contribution in [-0.4, -0.2) is 9.97 Å². The Labute approximate surface area is 83.1 Å². The van der Waals surface area contributed by atoms with Crippen molar-refractivity contribution < 1.29 is 0 Å². The van der Waals surface area contributed by atoms with Gasteiger partial charge in [0.15, 0.2) is 0 Å². The zero-order valence-corrected chi connectivity index (χ0v) is 8.70. The van der Waals surface area contributed by atoms with Gasteiger partial charge in [0.25, 0.3) is 0 Å². The quantitative estimate of drug-likeness (QED) is 0.758. The minimum absolute atomic E-state index is 0.700.